The van der Waals surface area contributed by atoms with E-state index >= 15 is 0 Å². The van der Waals surface area contributed by atoms with Crippen molar-refractivity contribution in [3.05, 3.63) is 94.7 Å². The average molecular weight is 400 g/mol. The molecule has 2 aromatic carbocycles. The number of imidazole rings is 1. The van der Waals surface area contributed by atoms with Crippen LogP contribution in [0.2, 0.25) is 0 Å². The molecule has 29 heavy (non-hydrogen) atoms. The van der Waals surface area contributed by atoms with E-state index in [2.05, 4.69) is 19.9 Å². The van der Waals surface area contributed by atoms with Gasteiger partial charge in [-0.1, -0.05) is 42.5 Å². The van der Waals surface area contributed by atoms with Gasteiger partial charge in [-0.15, -0.1) is 0 Å². The fourth-order valence-electron chi connectivity index (χ4n) is 3.42. The largest absolute Gasteiger partial charge is 0.329 e. The normalized spacial score (nSPS) is 12.4. The summed E-state index contributed by atoms with van der Waals surface area (Å²) in [6.07, 6.45) is 3.02. The highest BCUT2D eigenvalue weighted by atomic mass is 32.1. The molecule has 0 aliphatic carbocycles. The first kappa shape index (κ1) is 17.6. The molecule has 2 aliphatic heterocycles. The molecule has 0 amide bonds. The fourth-order valence-corrected chi connectivity index (χ4v) is 3.80. The quantitative estimate of drug-likeness (QED) is 0.453. The van der Waals surface area contributed by atoms with Gasteiger partial charge in [0.25, 0.3) is 5.56 Å². The molecule has 0 fully saturated rings. The maximum atomic E-state index is 13.3. The van der Waals surface area contributed by atoms with Crippen LogP contribution in [-0.4, -0.2) is 29.5 Å². The number of nitrogens with one attached hydrogen (secondary N) is 1. The van der Waals surface area contributed by atoms with Gasteiger partial charge in [-0.05, 0) is 17.7 Å². The van der Waals surface area contributed by atoms with Crippen molar-refractivity contribution < 1.29 is 0 Å². The molecule has 1 unspecified atom stereocenters. The van der Waals surface area contributed by atoms with Crippen molar-refractivity contribution in [2.24, 2.45) is 0 Å². The Balaban J connectivity index is 1.72. The highest BCUT2D eigenvalue weighted by Crippen LogP contribution is 2.32. The van der Waals surface area contributed by atoms with Crippen LogP contribution in [-0.2, 0) is 6.54 Å². The first-order chi connectivity index (χ1) is 14.2. The lowest BCUT2D eigenvalue weighted by Gasteiger charge is -2.18. The summed E-state index contributed by atoms with van der Waals surface area (Å²) < 4.78 is 1.66. The number of para-hydroxylation sites is 1. The third-order valence-electron chi connectivity index (χ3n) is 4.82. The van der Waals surface area contributed by atoms with Gasteiger partial charge in [-0.25, -0.2) is 19.9 Å². The molecule has 5 rings (SSSR count). The minimum absolute atomic E-state index is 0.110. The van der Waals surface area contributed by atoms with E-state index in [1.54, 1.807) is 17.0 Å². The minimum Gasteiger partial charge on any atom is -0.329 e. The molecule has 1 atom stereocenters. The van der Waals surface area contributed by atoms with E-state index < -0.39 is 5.25 Å². The second-order valence-corrected chi connectivity index (χ2v) is 7.14. The number of hydrogen-bond acceptors (Lipinski definition) is 6. The second-order valence-electron chi connectivity index (χ2n) is 6.63. The Bertz CT molecular complexity index is 1330. The molecule has 0 saturated heterocycles. The van der Waals surface area contributed by atoms with Crippen molar-refractivity contribution in [3.8, 4) is 11.5 Å². The zero-order valence-corrected chi connectivity index (χ0v) is 16.1. The Morgan fingerprint density at radius 1 is 1.00 bits per heavy atom. The molecule has 7 nitrogen and oxygen atoms in total. The van der Waals surface area contributed by atoms with E-state index in [0.29, 0.717) is 40.5 Å². The number of thiol groups is 1. The molecule has 0 spiro atoms. The maximum absolute atomic E-state index is 13.3. The van der Waals surface area contributed by atoms with Crippen LogP contribution < -0.4 is 5.56 Å². The Morgan fingerprint density at radius 2 is 1.79 bits per heavy atom. The van der Waals surface area contributed by atoms with Crippen LogP contribution in [0.25, 0.3) is 22.4 Å². The van der Waals surface area contributed by atoms with E-state index in [4.69, 9.17) is 17.6 Å². The molecule has 0 saturated carbocycles. The van der Waals surface area contributed by atoms with Gasteiger partial charge >= 0.3 is 0 Å². The van der Waals surface area contributed by atoms with Gasteiger partial charge in [0.2, 0.25) is 0 Å². The van der Waals surface area contributed by atoms with Crippen molar-refractivity contribution in [1.82, 2.24) is 29.5 Å². The van der Waals surface area contributed by atoms with Crippen LogP contribution in [0.15, 0.2) is 72.0 Å². The molecule has 3 aromatic rings. The van der Waals surface area contributed by atoms with Gasteiger partial charge in [0.05, 0.1) is 29.5 Å². The summed E-state index contributed by atoms with van der Waals surface area (Å²) in [7, 11) is 0. The molecule has 3 heterocycles. The van der Waals surface area contributed by atoms with Gasteiger partial charge in [-0.2, -0.15) is 12.6 Å². The SMILES string of the molecule is O=c1c2ccccc2nc(C(S)c2nc[nH]c3ncnc2-3)n1Cc1ccccc1. The van der Waals surface area contributed by atoms with Gasteiger partial charge in [0.15, 0.2) is 5.82 Å². The van der Waals surface area contributed by atoms with Crippen LogP contribution in [0.4, 0.5) is 0 Å². The first-order valence-electron chi connectivity index (χ1n) is 9.08. The number of aromatic nitrogens is 6. The van der Waals surface area contributed by atoms with Gasteiger partial charge in [0, 0.05) is 0 Å². The fraction of sp³-hybridized carbons (Fsp3) is 0.0952. The van der Waals surface area contributed by atoms with E-state index in [9.17, 15) is 4.79 Å². The zero-order chi connectivity index (χ0) is 19.8. The number of fused-ring (bicyclic) bond motifs is 2. The van der Waals surface area contributed by atoms with E-state index in [0.717, 1.165) is 5.56 Å². The summed E-state index contributed by atoms with van der Waals surface area (Å²) in [5.74, 6) is 1.13. The van der Waals surface area contributed by atoms with Gasteiger partial charge in [-0.3, -0.25) is 9.36 Å². The molecule has 2 aliphatic rings. The Kier molecular flexibility index (Phi) is 4.33. The summed E-state index contributed by atoms with van der Waals surface area (Å²) in [5, 5.41) is 0.0186. The maximum Gasteiger partial charge on any atom is 0.261 e. The monoisotopic (exact) mass is 400 g/mol. The number of benzene rings is 2. The van der Waals surface area contributed by atoms with Crippen molar-refractivity contribution in [3.63, 3.8) is 0 Å². The molecular weight excluding hydrogens is 384 g/mol. The van der Waals surface area contributed by atoms with Crippen molar-refractivity contribution >= 4 is 23.5 Å². The van der Waals surface area contributed by atoms with E-state index in [1.165, 1.54) is 6.33 Å². The lowest BCUT2D eigenvalue weighted by atomic mass is 10.1. The highest BCUT2D eigenvalue weighted by molar-refractivity contribution is 7.80. The topological polar surface area (TPSA) is 89.3 Å². The van der Waals surface area contributed by atoms with E-state index in [-0.39, 0.29) is 5.56 Å². The summed E-state index contributed by atoms with van der Waals surface area (Å²) >= 11 is 4.80. The lowest BCUT2D eigenvalue weighted by molar-refractivity contribution is 0.685. The third kappa shape index (κ3) is 3.07. The summed E-state index contributed by atoms with van der Waals surface area (Å²) in [5.41, 5.74) is 2.73. The van der Waals surface area contributed by atoms with Crippen LogP contribution in [0, 0.1) is 0 Å². The van der Waals surface area contributed by atoms with Crippen molar-refractivity contribution in [1.29, 1.82) is 0 Å². The molecule has 8 heteroatoms. The smallest absolute Gasteiger partial charge is 0.261 e. The predicted molar refractivity (Wildman–Crippen MR) is 113 cm³/mol. The second kappa shape index (κ2) is 7.14. The molecule has 1 N–H and O–H groups in total. The van der Waals surface area contributed by atoms with Crippen molar-refractivity contribution in [2.75, 3.05) is 0 Å². The summed E-state index contributed by atoms with van der Waals surface area (Å²) in [4.78, 5) is 34.0. The van der Waals surface area contributed by atoms with Crippen LogP contribution in [0.5, 0.6) is 0 Å². The van der Waals surface area contributed by atoms with Gasteiger partial charge in [0.1, 0.15) is 23.1 Å². The lowest BCUT2D eigenvalue weighted by Crippen LogP contribution is -2.27. The standard InChI is InChI=1S/C21H16N6OS/c28-21-14-8-4-5-9-15(14)26-20(27(21)10-13-6-2-1-3-7-13)18(29)16-17-19(24-11-22-16)25-12-23-17/h1-9,11-12,18,29H,10H2,(H,22,23,24,25). The van der Waals surface area contributed by atoms with Gasteiger partial charge < -0.3 is 4.98 Å². The van der Waals surface area contributed by atoms with Crippen LogP contribution in [0.3, 0.4) is 0 Å². The number of rotatable bonds is 4. The first-order valence-corrected chi connectivity index (χ1v) is 9.59. The Hall–Kier alpha value is -3.52. The number of H-pyrrole nitrogens is 1. The van der Waals surface area contributed by atoms with Crippen molar-refractivity contribution in [2.45, 2.75) is 11.8 Å². The van der Waals surface area contributed by atoms with E-state index in [1.807, 2.05) is 48.5 Å². The number of aromatic amines is 1. The molecule has 0 radical (unpaired) electrons. The summed E-state index contributed by atoms with van der Waals surface area (Å²) in [6, 6.07) is 17.1. The highest BCUT2D eigenvalue weighted by Gasteiger charge is 2.25. The Morgan fingerprint density at radius 3 is 2.66 bits per heavy atom. The Labute approximate surface area is 171 Å². The van der Waals surface area contributed by atoms with Crippen LogP contribution in [0.1, 0.15) is 22.3 Å². The molecule has 0 bridgehead atoms. The number of nitrogens with zero attached hydrogens (tertiary/aromatic N) is 5. The van der Waals surface area contributed by atoms with Crippen LogP contribution >= 0.6 is 12.6 Å². The molecule has 142 valence electrons. The minimum atomic E-state index is -0.551. The molecule has 1 aromatic heterocycles. The molecular formula is C21H16N6OS. The summed E-state index contributed by atoms with van der Waals surface area (Å²) in [6.45, 7) is 0.388. The average Bonchev–Trinajstić information content (AvgIpc) is 3.25. The number of hydrogen-bond donors (Lipinski definition) is 2. The zero-order valence-electron chi connectivity index (χ0n) is 15.2. The third-order valence-corrected chi connectivity index (χ3v) is 5.30. The predicted octanol–water partition coefficient (Wildman–Crippen LogP) is 3.08.